The van der Waals surface area contributed by atoms with Gasteiger partial charge in [0.25, 0.3) is 0 Å². The van der Waals surface area contributed by atoms with Crippen LogP contribution in [0.1, 0.15) is 142 Å². The van der Waals surface area contributed by atoms with Crippen LogP contribution in [-0.2, 0) is 27.2 Å². The average Bonchev–Trinajstić information content (AvgIpc) is 2.92. The van der Waals surface area contributed by atoms with Crippen molar-refractivity contribution in [2.45, 2.75) is 142 Å². The first-order chi connectivity index (χ1) is 18.4. The van der Waals surface area contributed by atoms with Gasteiger partial charge in [0.1, 0.15) is 0 Å². The lowest BCUT2D eigenvalue weighted by Crippen LogP contribution is -1.98. The molecule has 6 nitrogen and oxygen atoms in total. The zero-order valence-electron chi connectivity index (χ0n) is 24.9. The monoisotopic (exact) mass is 578 g/mol. The molecule has 0 heterocycles. The maximum absolute atomic E-state index is 12.5. The van der Waals surface area contributed by atoms with Crippen LogP contribution >= 0.6 is 15.2 Å². The molecule has 0 rings (SSSR count). The highest BCUT2D eigenvalue weighted by Gasteiger charge is 2.20. The van der Waals surface area contributed by atoms with Gasteiger partial charge < -0.3 is 18.1 Å². The number of hydrogen-bond donors (Lipinski definition) is 0. The van der Waals surface area contributed by atoms with Crippen molar-refractivity contribution >= 4 is 15.2 Å². The van der Waals surface area contributed by atoms with Gasteiger partial charge in [-0.15, -0.1) is 0 Å². The topological polar surface area (TPSA) is 71.1 Å². The molecule has 0 spiro atoms. The Balaban J connectivity index is 3.51. The zero-order chi connectivity index (χ0) is 28.2. The molecule has 0 amide bonds. The fraction of sp³-hybridized carbons (Fsp3) is 0.867. The first-order valence-corrected chi connectivity index (χ1v) is 18.7. The minimum absolute atomic E-state index is 0.473. The van der Waals surface area contributed by atoms with E-state index in [1.165, 1.54) is 88.7 Å². The van der Waals surface area contributed by atoms with Crippen LogP contribution in [0.25, 0.3) is 0 Å². The van der Waals surface area contributed by atoms with Gasteiger partial charge in [-0.25, -0.2) is 0 Å². The molecule has 0 aromatic rings. The van der Waals surface area contributed by atoms with Crippen LogP contribution in [0.5, 0.6) is 0 Å². The molecule has 0 aromatic heterocycles. The van der Waals surface area contributed by atoms with Gasteiger partial charge in [0.15, 0.2) is 0 Å². The van der Waals surface area contributed by atoms with E-state index in [1.54, 1.807) is 0 Å². The molecule has 0 saturated carbocycles. The fourth-order valence-corrected chi connectivity index (χ4v) is 6.19. The molecule has 0 aliphatic heterocycles. The predicted octanol–water partition coefficient (Wildman–Crippen LogP) is 11.6. The summed E-state index contributed by atoms with van der Waals surface area (Å²) < 4.78 is 46.9. The van der Waals surface area contributed by atoms with E-state index in [4.69, 9.17) is 18.1 Å². The third kappa shape index (κ3) is 23.6. The van der Waals surface area contributed by atoms with Gasteiger partial charge in [0.05, 0.1) is 26.4 Å². The Morgan fingerprint density at radius 3 is 0.842 bits per heavy atom. The van der Waals surface area contributed by atoms with Gasteiger partial charge >= 0.3 is 15.2 Å². The summed E-state index contributed by atoms with van der Waals surface area (Å²) >= 11 is 0. The number of hydrogen-bond acceptors (Lipinski definition) is 6. The van der Waals surface area contributed by atoms with Crippen LogP contribution in [0.4, 0.5) is 0 Å². The Labute approximate surface area is 235 Å². The van der Waals surface area contributed by atoms with Crippen LogP contribution in [0, 0.1) is 0 Å². The number of unbranched alkanes of at least 4 members (excludes halogenated alkanes) is 17. The molecule has 0 saturated heterocycles. The van der Waals surface area contributed by atoms with Crippen molar-refractivity contribution in [2.75, 3.05) is 26.4 Å². The molecule has 0 aliphatic carbocycles. The van der Waals surface area contributed by atoms with Crippen LogP contribution in [0.3, 0.4) is 0 Å². The lowest BCUT2D eigenvalue weighted by molar-refractivity contribution is 0.204. The largest absolute Gasteiger partial charge is 0.353 e. The van der Waals surface area contributed by atoms with Crippen molar-refractivity contribution < 1.29 is 27.2 Å². The van der Waals surface area contributed by atoms with E-state index < -0.39 is 15.2 Å². The smallest absolute Gasteiger partial charge is 0.306 e. The van der Waals surface area contributed by atoms with Crippen molar-refractivity contribution in [1.29, 1.82) is 0 Å². The Hall–Kier alpha value is -0.220. The van der Waals surface area contributed by atoms with Gasteiger partial charge in [-0.3, -0.25) is 9.13 Å². The first kappa shape index (κ1) is 37.8. The summed E-state index contributed by atoms with van der Waals surface area (Å²) in [5, 5.41) is 0. The quantitative estimate of drug-likeness (QED) is 0.0602. The SMILES string of the molecule is C=CP(=O)(OCCCCCC)OCCCCCCCCCCCCCCOP(=O)(C=C)OCCCCCC. The molecule has 0 N–H and O–H groups in total. The molecule has 0 aliphatic rings. The zero-order valence-corrected chi connectivity index (χ0v) is 26.7. The third-order valence-corrected chi connectivity index (χ3v) is 9.63. The highest BCUT2D eigenvalue weighted by atomic mass is 31.2. The van der Waals surface area contributed by atoms with E-state index in [0.29, 0.717) is 26.4 Å². The molecule has 2 atom stereocenters. The van der Waals surface area contributed by atoms with Gasteiger partial charge in [-0.05, 0) is 25.7 Å². The Kier molecular flexibility index (Phi) is 26.8. The molecular weight excluding hydrogens is 518 g/mol. The molecule has 8 heteroatoms. The molecule has 0 radical (unpaired) electrons. The minimum atomic E-state index is -3.12. The molecule has 2 unspecified atom stereocenters. The van der Waals surface area contributed by atoms with Crippen molar-refractivity contribution in [3.05, 3.63) is 24.8 Å². The van der Waals surface area contributed by atoms with E-state index >= 15 is 0 Å². The van der Waals surface area contributed by atoms with Crippen LogP contribution in [-0.4, -0.2) is 26.4 Å². The third-order valence-electron chi connectivity index (χ3n) is 6.57. The lowest BCUT2D eigenvalue weighted by Gasteiger charge is -2.15. The fourth-order valence-electron chi connectivity index (χ4n) is 4.08. The lowest BCUT2D eigenvalue weighted by atomic mass is 10.1. The number of rotatable bonds is 31. The van der Waals surface area contributed by atoms with Crippen LogP contribution in [0.15, 0.2) is 24.8 Å². The Morgan fingerprint density at radius 2 is 0.632 bits per heavy atom. The second-order valence-electron chi connectivity index (χ2n) is 10.1. The summed E-state index contributed by atoms with van der Waals surface area (Å²) in [6.45, 7) is 13.5. The van der Waals surface area contributed by atoms with Crippen LogP contribution < -0.4 is 0 Å². The minimum Gasteiger partial charge on any atom is -0.306 e. The van der Waals surface area contributed by atoms with Crippen molar-refractivity contribution in [2.24, 2.45) is 0 Å². The van der Waals surface area contributed by atoms with E-state index in [9.17, 15) is 9.13 Å². The summed E-state index contributed by atoms with van der Waals surface area (Å²) in [4.78, 5) is 0. The first-order valence-electron chi connectivity index (χ1n) is 15.5. The summed E-state index contributed by atoms with van der Waals surface area (Å²) in [6, 6.07) is 0. The van der Waals surface area contributed by atoms with Crippen molar-refractivity contribution in [1.82, 2.24) is 0 Å². The normalized spacial score (nSPS) is 14.7. The van der Waals surface area contributed by atoms with Gasteiger partial charge in [-0.2, -0.15) is 0 Å². The average molecular weight is 579 g/mol. The maximum atomic E-state index is 12.5. The summed E-state index contributed by atoms with van der Waals surface area (Å²) in [5.74, 6) is 2.68. The maximum Gasteiger partial charge on any atom is 0.353 e. The molecule has 0 aromatic carbocycles. The molecule has 38 heavy (non-hydrogen) atoms. The van der Waals surface area contributed by atoms with E-state index in [0.717, 1.165) is 51.4 Å². The predicted molar refractivity (Wildman–Crippen MR) is 163 cm³/mol. The molecule has 226 valence electrons. The van der Waals surface area contributed by atoms with Crippen molar-refractivity contribution in [3.63, 3.8) is 0 Å². The van der Waals surface area contributed by atoms with Gasteiger partial charge in [0, 0.05) is 11.6 Å². The summed E-state index contributed by atoms with van der Waals surface area (Å²) in [5.41, 5.74) is 0. The van der Waals surface area contributed by atoms with Crippen molar-refractivity contribution in [3.8, 4) is 0 Å². The second kappa shape index (κ2) is 27.0. The molecular formula is C30H60O6P2. The molecule has 0 fully saturated rings. The summed E-state index contributed by atoms with van der Waals surface area (Å²) in [6.07, 6.45) is 22.7. The standard InChI is InChI=1S/C30H60O6P2/c1-5-9-11-23-27-33-37(31,7-3)35-29-25-21-19-17-15-13-14-16-18-20-22-26-30-36-38(32,8-4)34-28-24-12-10-6-2/h7-8H,3-6,9-30H2,1-2H3. The van der Waals surface area contributed by atoms with Gasteiger partial charge in [0.2, 0.25) is 0 Å². The second-order valence-corrected chi connectivity index (χ2v) is 14.1. The highest BCUT2D eigenvalue weighted by molar-refractivity contribution is 7.57. The highest BCUT2D eigenvalue weighted by Crippen LogP contribution is 2.50. The Bertz CT molecular complexity index is 586. The van der Waals surface area contributed by atoms with E-state index in [1.807, 2.05) is 0 Å². The summed E-state index contributed by atoms with van der Waals surface area (Å²) in [7, 11) is -6.23. The van der Waals surface area contributed by atoms with Gasteiger partial charge in [-0.1, -0.05) is 130 Å². The van der Waals surface area contributed by atoms with E-state index in [2.05, 4.69) is 27.0 Å². The van der Waals surface area contributed by atoms with E-state index in [-0.39, 0.29) is 0 Å². The van der Waals surface area contributed by atoms with Crippen LogP contribution in [0.2, 0.25) is 0 Å². The Morgan fingerprint density at radius 1 is 0.421 bits per heavy atom. The molecule has 0 bridgehead atoms.